The molecule has 18 heavy (non-hydrogen) atoms. The Kier molecular flexibility index (Phi) is 7.08. The van der Waals surface area contributed by atoms with Crippen LogP contribution >= 0.6 is 23.4 Å². The van der Waals surface area contributed by atoms with E-state index in [2.05, 4.69) is 24.8 Å². The van der Waals surface area contributed by atoms with Crippen molar-refractivity contribution in [3.8, 4) is 0 Å². The minimum atomic E-state index is -0.00720. The van der Waals surface area contributed by atoms with Gasteiger partial charge in [0.1, 0.15) is 0 Å². The van der Waals surface area contributed by atoms with Crippen molar-refractivity contribution in [2.75, 3.05) is 25.4 Å². The number of hydrogen-bond donors (Lipinski definition) is 1. The van der Waals surface area contributed by atoms with Crippen LogP contribution in [0, 0.1) is 0 Å². The van der Waals surface area contributed by atoms with Gasteiger partial charge in [0.2, 0.25) is 0 Å². The minimum Gasteiger partial charge on any atom is -0.324 e. The number of rotatable bonds is 7. The molecule has 1 unspecified atom stereocenters. The highest BCUT2D eigenvalue weighted by Gasteiger charge is 2.06. The number of halogens is 1. The van der Waals surface area contributed by atoms with Crippen LogP contribution in [0.5, 0.6) is 0 Å². The van der Waals surface area contributed by atoms with E-state index in [9.17, 15) is 0 Å². The Bertz CT molecular complexity index is 365. The monoisotopic (exact) mass is 286 g/mol. The van der Waals surface area contributed by atoms with Crippen LogP contribution in [0.2, 0.25) is 5.02 Å². The van der Waals surface area contributed by atoms with E-state index in [1.807, 2.05) is 30.8 Å². The highest BCUT2D eigenvalue weighted by atomic mass is 35.5. The summed E-state index contributed by atoms with van der Waals surface area (Å²) in [6.07, 6.45) is 0. The van der Waals surface area contributed by atoms with E-state index in [-0.39, 0.29) is 6.04 Å². The summed E-state index contributed by atoms with van der Waals surface area (Å²) in [5.41, 5.74) is 6.86. The second kappa shape index (κ2) is 8.05. The summed E-state index contributed by atoms with van der Waals surface area (Å²) >= 11 is 8.06. The third kappa shape index (κ3) is 4.81. The average molecular weight is 287 g/mol. The first-order chi connectivity index (χ1) is 8.58. The molecule has 2 N–H and O–H groups in total. The van der Waals surface area contributed by atoms with Crippen molar-refractivity contribution in [1.82, 2.24) is 4.90 Å². The van der Waals surface area contributed by atoms with Crippen molar-refractivity contribution in [1.29, 1.82) is 0 Å². The van der Waals surface area contributed by atoms with Crippen molar-refractivity contribution in [3.05, 3.63) is 28.8 Å². The highest BCUT2D eigenvalue weighted by Crippen LogP contribution is 2.27. The molecule has 1 rings (SSSR count). The van der Waals surface area contributed by atoms with Crippen LogP contribution in [0.1, 0.15) is 32.4 Å². The van der Waals surface area contributed by atoms with Crippen LogP contribution < -0.4 is 5.73 Å². The molecule has 0 heterocycles. The van der Waals surface area contributed by atoms with Gasteiger partial charge >= 0.3 is 0 Å². The lowest BCUT2D eigenvalue weighted by atomic mass is 10.1. The van der Waals surface area contributed by atoms with Crippen molar-refractivity contribution in [2.24, 2.45) is 5.73 Å². The van der Waals surface area contributed by atoms with Gasteiger partial charge in [-0.05, 0) is 37.7 Å². The molecule has 0 aliphatic rings. The fraction of sp³-hybridized carbons (Fsp3) is 0.571. The van der Waals surface area contributed by atoms with Crippen LogP contribution in [0.25, 0.3) is 0 Å². The maximum Gasteiger partial charge on any atom is 0.0464 e. The van der Waals surface area contributed by atoms with E-state index in [0.717, 1.165) is 36.0 Å². The maximum absolute atomic E-state index is 6.22. The molecule has 0 saturated heterocycles. The predicted molar refractivity (Wildman–Crippen MR) is 82.6 cm³/mol. The Hall–Kier alpha value is -0.220. The molecule has 1 aromatic rings. The number of nitrogens with zero attached hydrogens (tertiary/aromatic N) is 1. The smallest absolute Gasteiger partial charge is 0.0464 e. The zero-order chi connectivity index (χ0) is 13.5. The standard InChI is InChI=1S/C14H23ClN2S/c1-4-17(5-2)8-9-18-12-6-7-13(11(3)16)14(15)10-12/h6-7,10-11H,4-5,8-9,16H2,1-3H3. The average Bonchev–Trinajstić information content (AvgIpc) is 2.34. The number of benzene rings is 1. The first kappa shape index (κ1) is 15.8. The van der Waals surface area contributed by atoms with Crippen LogP contribution in [-0.2, 0) is 0 Å². The number of hydrogen-bond acceptors (Lipinski definition) is 3. The molecular formula is C14H23ClN2S. The number of thioether (sulfide) groups is 1. The fourth-order valence-corrected chi connectivity index (χ4v) is 3.17. The zero-order valence-corrected chi connectivity index (χ0v) is 13.0. The number of nitrogens with two attached hydrogens (primary N) is 1. The zero-order valence-electron chi connectivity index (χ0n) is 11.4. The SMILES string of the molecule is CCN(CC)CCSc1ccc(C(C)N)c(Cl)c1. The topological polar surface area (TPSA) is 29.3 Å². The first-order valence-electron chi connectivity index (χ1n) is 6.48. The Morgan fingerprint density at radius 3 is 2.50 bits per heavy atom. The molecule has 4 heteroatoms. The van der Waals surface area contributed by atoms with Gasteiger partial charge in [0, 0.05) is 28.3 Å². The van der Waals surface area contributed by atoms with Gasteiger partial charge in [-0.2, -0.15) is 0 Å². The summed E-state index contributed by atoms with van der Waals surface area (Å²) in [4.78, 5) is 3.64. The quantitative estimate of drug-likeness (QED) is 0.773. The van der Waals surface area contributed by atoms with E-state index >= 15 is 0 Å². The normalized spacial score (nSPS) is 13.0. The van der Waals surface area contributed by atoms with E-state index in [1.165, 1.54) is 4.90 Å². The first-order valence-corrected chi connectivity index (χ1v) is 7.85. The van der Waals surface area contributed by atoms with Crippen molar-refractivity contribution in [2.45, 2.75) is 31.7 Å². The molecule has 0 radical (unpaired) electrons. The molecule has 0 spiro atoms. The molecule has 102 valence electrons. The van der Waals surface area contributed by atoms with Gasteiger partial charge in [-0.15, -0.1) is 11.8 Å². The summed E-state index contributed by atoms with van der Waals surface area (Å²) in [5, 5.41) is 0.776. The van der Waals surface area contributed by atoms with Gasteiger partial charge in [-0.3, -0.25) is 0 Å². The summed E-state index contributed by atoms with van der Waals surface area (Å²) in [6, 6.07) is 6.16. The van der Waals surface area contributed by atoms with Gasteiger partial charge in [0.05, 0.1) is 0 Å². The lowest BCUT2D eigenvalue weighted by Crippen LogP contribution is -2.25. The molecule has 0 aromatic heterocycles. The Labute approximate surface area is 120 Å². The summed E-state index contributed by atoms with van der Waals surface area (Å²) in [7, 11) is 0. The minimum absolute atomic E-state index is 0.00720. The third-order valence-corrected chi connectivity index (χ3v) is 4.33. The molecule has 2 nitrogen and oxygen atoms in total. The molecule has 0 aliphatic carbocycles. The highest BCUT2D eigenvalue weighted by molar-refractivity contribution is 7.99. The fourth-order valence-electron chi connectivity index (χ4n) is 1.80. The van der Waals surface area contributed by atoms with Crippen LogP contribution in [-0.4, -0.2) is 30.3 Å². The van der Waals surface area contributed by atoms with Gasteiger partial charge in [0.15, 0.2) is 0 Å². The van der Waals surface area contributed by atoms with Crippen LogP contribution in [0.3, 0.4) is 0 Å². The predicted octanol–water partition coefficient (Wildman–Crippen LogP) is 3.79. The Balaban J connectivity index is 2.51. The molecule has 1 aromatic carbocycles. The van der Waals surface area contributed by atoms with Crippen molar-refractivity contribution < 1.29 is 0 Å². The molecule has 1 atom stereocenters. The van der Waals surface area contributed by atoms with E-state index in [1.54, 1.807) is 0 Å². The molecular weight excluding hydrogens is 264 g/mol. The van der Waals surface area contributed by atoms with E-state index in [4.69, 9.17) is 17.3 Å². The largest absolute Gasteiger partial charge is 0.324 e. The van der Waals surface area contributed by atoms with Gasteiger partial charge in [-0.1, -0.05) is 31.5 Å². The third-order valence-electron chi connectivity index (χ3n) is 3.03. The molecule has 0 amide bonds. The van der Waals surface area contributed by atoms with E-state index < -0.39 is 0 Å². The Morgan fingerprint density at radius 1 is 1.33 bits per heavy atom. The summed E-state index contributed by atoms with van der Waals surface area (Å²) < 4.78 is 0. The van der Waals surface area contributed by atoms with Crippen LogP contribution in [0.4, 0.5) is 0 Å². The molecule has 0 bridgehead atoms. The molecule has 0 saturated carbocycles. The molecule has 0 aliphatic heterocycles. The summed E-state index contributed by atoms with van der Waals surface area (Å²) in [5.74, 6) is 1.09. The lowest BCUT2D eigenvalue weighted by Gasteiger charge is -2.17. The van der Waals surface area contributed by atoms with Crippen molar-refractivity contribution in [3.63, 3.8) is 0 Å². The van der Waals surface area contributed by atoms with Gasteiger partial charge in [0.25, 0.3) is 0 Å². The van der Waals surface area contributed by atoms with E-state index in [0.29, 0.717) is 0 Å². The van der Waals surface area contributed by atoms with Crippen molar-refractivity contribution >= 4 is 23.4 Å². The lowest BCUT2D eigenvalue weighted by molar-refractivity contribution is 0.324. The van der Waals surface area contributed by atoms with Gasteiger partial charge in [-0.25, -0.2) is 0 Å². The molecule has 0 fully saturated rings. The maximum atomic E-state index is 6.22. The Morgan fingerprint density at radius 2 is 2.00 bits per heavy atom. The second-order valence-electron chi connectivity index (χ2n) is 4.35. The van der Waals surface area contributed by atoms with Crippen LogP contribution in [0.15, 0.2) is 23.1 Å². The summed E-state index contributed by atoms with van der Waals surface area (Å²) in [6.45, 7) is 9.69. The van der Waals surface area contributed by atoms with Gasteiger partial charge < -0.3 is 10.6 Å². The second-order valence-corrected chi connectivity index (χ2v) is 5.92.